The molecular weight excluding hydrogens is 224 g/mol. The van der Waals surface area contributed by atoms with Gasteiger partial charge in [0.1, 0.15) is 11.6 Å². The van der Waals surface area contributed by atoms with Crippen LogP contribution in [0.5, 0.6) is 0 Å². The van der Waals surface area contributed by atoms with Gasteiger partial charge >= 0.3 is 0 Å². The topological polar surface area (TPSA) is 32.3 Å². The Kier molecular flexibility index (Phi) is 4.60. The molecule has 0 aliphatic rings. The van der Waals surface area contributed by atoms with Crippen molar-refractivity contribution < 1.29 is 13.9 Å². The highest BCUT2D eigenvalue weighted by Gasteiger charge is 2.21. The van der Waals surface area contributed by atoms with Crippen molar-refractivity contribution in [1.29, 1.82) is 0 Å². The highest BCUT2D eigenvalue weighted by Crippen LogP contribution is 2.20. The Hall–Kier alpha value is -1.00. The summed E-state index contributed by atoms with van der Waals surface area (Å²) < 4.78 is 26.7. The number of aliphatic hydroxyl groups excluding tert-OH is 1. The van der Waals surface area contributed by atoms with Gasteiger partial charge in [-0.1, -0.05) is 13.0 Å². The van der Waals surface area contributed by atoms with Gasteiger partial charge in [0.2, 0.25) is 0 Å². The van der Waals surface area contributed by atoms with Gasteiger partial charge in [-0.15, -0.1) is 0 Å². The second kappa shape index (κ2) is 5.56. The van der Waals surface area contributed by atoms with Gasteiger partial charge in [-0.3, -0.25) is 0 Å². The summed E-state index contributed by atoms with van der Waals surface area (Å²) in [6, 6.07) is 3.57. The van der Waals surface area contributed by atoms with Crippen LogP contribution in [0.1, 0.15) is 38.9 Å². The highest BCUT2D eigenvalue weighted by molar-refractivity contribution is 5.22. The van der Waals surface area contributed by atoms with E-state index < -0.39 is 17.7 Å². The van der Waals surface area contributed by atoms with Crippen LogP contribution in [0.15, 0.2) is 18.2 Å². The maximum atomic E-state index is 13.4. The minimum absolute atomic E-state index is 0.124. The minimum atomic E-state index is -1.18. The monoisotopic (exact) mass is 243 g/mol. The zero-order valence-electron chi connectivity index (χ0n) is 10.4. The van der Waals surface area contributed by atoms with Gasteiger partial charge in [0.05, 0.1) is 11.7 Å². The molecule has 0 bridgehead atoms. The molecule has 1 rings (SSSR count). The van der Waals surface area contributed by atoms with E-state index in [2.05, 4.69) is 5.32 Å². The SMILES string of the molecule is CCC(C)(C)NCC(O)c1c(F)cccc1F. The summed E-state index contributed by atoms with van der Waals surface area (Å²) in [4.78, 5) is 0. The van der Waals surface area contributed by atoms with Gasteiger partial charge in [0, 0.05) is 12.1 Å². The lowest BCUT2D eigenvalue weighted by atomic mass is 10.0. The van der Waals surface area contributed by atoms with Crippen LogP contribution in [0.4, 0.5) is 8.78 Å². The molecule has 0 amide bonds. The van der Waals surface area contributed by atoms with E-state index >= 15 is 0 Å². The van der Waals surface area contributed by atoms with Crippen molar-refractivity contribution in [2.75, 3.05) is 6.54 Å². The number of benzene rings is 1. The summed E-state index contributed by atoms with van der Waals surface area (Å²) in [5, 5.41) is 12.9. The first-order valence-electron chi connectivity index (χ1n) is 5.74. The summed E-state index contributed by atoms with van der Waals surface area (Å²) in [7, 11) is 0. The fourth-order valence-corrected chi connectivity index (χ4v) is 1.43. The fraction of sp³-hybridized carbons (Fsp3) is 0.538. The second-order valence-electron chi connectivity index (χ2n) is 4.77. The molecule has 4 heteroatoms. The smallest absolute Gasteiger partial charge is 0.131 e. The molecule has 0 saturated heterocycles. The van der Waals surface area contributed by atoms with E-state index in [1.807, 2.05) is 20.8 Å². The number of halogens is 2. The molecular formula is C13H19F2NO. The lowest BCUT2D eigenvalue weighted by molar-refractivity contribution is 0.151. The van der Waals surface area contributed by atoms with Crippen LogP contribution >= 0.6 is 0 Å². The molecule has 0 heterocycles. The molecule has 0 aromatic heterocycles. The maximum Gasteiger partial charge on any atom is 0.131 e. The van der Waals surface area contributed by atoms with Crippen molar-refractivity contribution >= 4 is 0 Å². The predicted octanol–water partition coefficient (Wildman–Crippen LogP) is 2.78. The zero-order chi connectivity index (χ0) is 13.1. The molecule has 0 fully saturated rings. The van der Waals surface area contributed by atoms with Crippen LogP contribution in [-0.2, 0) is 0 Å². The summed E-state index contributed by atoms with van der Waals surface area (Å²) >= 11 is 0. The third kappa shape index (κ3) is 3.75. The van der Waals surface area contributed by atoms with E-state index in [4.69, 9.17) is 0 Å². The Morgan fingerprint density at radius 2 is 1.82 bits per heavy atom. The van der Waals surface area contributed by atoms with Crippen molar-refractivity contribution in [3.8, 4) is 0 Å². The molecule has 17 heavy (non-hydrogen) atoms. The average Bonchev–Trinajstić information content (AvgIpc) is 2.26. The quantitative estimate of drug-likeness (QED) is 0.833. The minimum Gasteiger partial charge on any atom is -0.387 e. The summed E-state index contributed by atoms with van der Waals surface area (Å²) in [5.74, 6) is -1.43. The van der Waals surface area contributed by atoms with E-state index in [9.17, 15) is 13.9 Å². The molecule has 0 radical (unpaired) electrons. The summed E-state index contributed by atoms with van der Waals surface area (Å²) in [5.41, 5.74) is -0.435. The lowest BCUT2D eigenvalue weighted by Crippen LogP contribution is -2.41. The van der Waals surface area contributed by atoms with Crippen LogP contribution in [-0.4, -0.2) is 17.2 Å². The molecule has 0 aliphatic carbocycles. The van der Waals surface area contributed by atoms with Crippen LogP contribution in [0.3, 0.4) is 0 Å². The van der Waals surface area contributed by atoms with E-state index in [1.165, 1.54) is 6.07 Å². The van der Waals surface area contributed by atoms with Crippen molar-refractivity contribution in [1.82, 2.24) is 5.32 Å². The Morgan fingerprint density at radius 1 is 1.29 bits per heavy atom. The molecule has 96 valence electrons. The summed E-state index contributed by atoms with van der Waals surface area (Å²) in [6.45, 7) is 6.07. The average molecular weight is 243 g/mol. The van der Waals surface area contributed by atoms with Gasteiger partial charge in [0.25, 0.3) is 0 Å². The number of aliphatic hydroxyl groups is 1. The lowest BCUT2D eigenvalue weighted by Gasteiger charge is -2.26. The van der Waals surface area contributed by atoms with Crippen molar-refractivity contribution in [2.24, 2.45) is 0 Å². The summed E-state index contributed by atoms with van der Waals surface area (Å²) in [6.07, 6.45) is -0.318. The molecule has 2 nitrogen and oxygen atoms in total. The van der Waals surface area contributed by atoms with Crippen molar-refractivity contribution in [3.63, 3.8) is 0 Å². The first-order chi connectivity index (χ1) is 7.87. The van der Waals surface area contributed by atoms with Gasteiger partial charge < -0.3 is 10.4 Å². The van der Waals surface area contributed by atoms with Gasteiger partial charge in [-0.25, -0.2) is 8.78 Å². The Bertz CT molecular complexity index is 359. The van der Waals surface area contributed by atoms with Crippen LogP contribution < -0.4 is 5.32 Å². The van der Waals surface area contributed by atoms with Crippen LogP contribution in [0, 0.1) is 11.6 Å². The molecule has 0 aliphatic heterocycles. The molecule has 0 spiro atoms. The molecule has 1 aromatic carbocycles. The molecule has 1 atom stereocenters. The second-order valence-corrected chi connectivity index (χ2v) is 4.77. The number of hydrogen-bond acceptors (Lipinski definition) is 2. The molecule has 2 N–H and O–H groups in total. The van der Waals surface area contributed by atoms with Crippen molar-refractivity contribution in [2.45, 2.75) is 38.8 Å². The first-order valence-corrected chi connectivity index (χ1v) is 5.74. The highest BCUT2D eigenvalue weighted by atomic mass is 19.1. The van der Waals surface area contributed by atoms with E-state index in [1.54, 1.807) is 0 Å². The first kappa shape index (κ1) is 14.1. The normalized spacial score (nSPS) is 13.8. The Labute approximate surface area is 101 Å². The van der Waals surface area contributed by atoms with E-state index in [0.717, 1.165) is 18.6 Å². The predicted molar refractivity (Wildman–Crippen MR) is 63.7 cm³/mol. The number of nitrogens with one attached hydrogen (secondary N) is 1. The van der Waals surface area contributed by atoms with E-state index in [-0.39, 0.29) is 17.6 Å². The Morgan fingerprint density at radius 3 is 2.29 bits per heavy atom. The Balaban J connectivity index is 2.74. The van der Waals surface area contributed by atoms with Gasteiger partial charge in [-0.2, -0.15) is 0 Å². The zero-order valence-corrected chi connectivity index (χ0v) is 10.4. The van der Waals surface area contributed by atoms with Gasteiger partial charge in [-0.05, 0) is 32.4 Å². The van der Waals surface area contributed by atoms with Gasteiger partial charge in [0.15, 0.2) is 0 Å². The van der Waals surface area contributed by atoms with Crippen LogP contribution in [0.2, 0.25) is 0 Å². The third-order valence-electron chi connectivity index (χ3n) is 2.99. The molecule has 0 saturated carbocycles. The number of hydrogen-bond donors (Lipinski definition) is 2. The third-order valence-corrected chi connectivity index (χ3v) is 2.99. The maximum absolute atomic E-state index is 13.4. The van der Waals surface area contributed by atoms with Crippen LogP contribution in [0.25, 0.3) is 0 Å². The molecule has 1 unspecified atom stereocenters. The standard InChI is InChI=1S/C13H19F2NO/c1-4-13(2,3)16-8-11(17)12-9(14)6-5-7-10(12)15/h5-7,11,16-17H,4,8H2,1-3H3. The largest absolute Gasteiger partial charge is 0.387 e. The fourth-order valence-electron chi connectivity index (χ4n) is 1.43. The number of β-amino-alcohol motifs (C(OH)–C–C–N with tert-alkyl or cyclic N) is 1. The molecule has 1 aromatic rings. The number of rotatable bonds is 5. The van der Waals surface area contributed by atoms with E-state index in [0.29, 0.717) is 0 Å². The van der Waals surface area contributed by atoms with Crippen molar-refractivity contribution in [3.05, 3.63) is 35.4 Å².